The molecule has 0 radical (unpaired) electrons. The van der Waals surface area contributed by atoms with Crippen LogP contribution in [0, 0.1) is 11.6 Å². The summed E-state index contributed by atoms with van der Waals surface area (Å²) in [5.74, 6) is -0.242. The molecule has 0 aromatic heterocycles. The number of ketones is 1. The molecule has 3 aromatic rings. The zero-order valence-electron chi connectivity index (χ0n) is 12.7. The Morgan fingerprint density at radius 2 is 1.17 bits per heavy atom. The van der Waals surface area contributed by atoms with E-state index in [0.29, 0.717) is 23.5 Å². The number of carbonyl (C=O) groups is 1. The number of carbonyl (C=O) groups excluding carboxylic acids is 1. The molecule has 0 aliphatic carbocycles. The fraction of sp³-hybridized carbons (Fsp3) is 0.0500. The number of hydrogen-bond donors (Lipinski definition) is 0. The molecule has 24 heavy (non-hydrogen) atoms. The van der Waals surface area contributed by atoms with Crippen molar-refractivity contribution in [3.8, 4) is 5.75 Å². The van der Waals surface area contributed by atoms with Gasteiger partial charge in [0.25, 0.3) is 0 Å². The third-order valence-corrected chi connectivity index (χ3v) is 3.54. The van der Waals surface area contributed by atoms with Crippen LogP contribution in [0.5, 0.6) is 5.75 Å². The molecule has 0 spiro atoms. The van der Waals surface area contributed by atoms with Gasteiger partial charge in [-0.3, -0.25) is 4.79 Å². The van der Waals surface area contributed by atoms with E-state index in [1.807, 2.05) is 0 Å². The highest BCUT2D eigenvalue weighted by Crippen LogP contribution is 2.17. The fourth-order valence-corrected chi connectivity index (χ4v) is 2.22. The maximum atomic E-state index is 12.9. The first-order valence-electron chi connectivity index (χ1n) is 7.39. The second-order valence-corrected chi connectivity index (χ2v) is 5.28. The van der Waals surface area contributed by atoms with Gasteiger partial charge in [-0.1, -0.05) is 12.1 Å². The minimum atomic E-state index is -0.379. The van der Waals surface area contributed by atoms with E-state index in [0.717, 1.165) is 5.56 Å². The van der Waals surface area contributed by atoms with Crippen molar-refractivity contribution in [2.45, 2.75) is 6.61 Å². The lowest BCUT2D eigenvalue weighted by molar-refractivity contribution is 0.103. The summed E-state index contributed by atoms with van der Waals surface area (Å²) in [4.78, 5) is 12.3. The minimum Gasteiger partial charge on any atom is -0.489 e. The van der Waals surface area contributed by atoms with Gasteiger partial charge in [0.15, 0.2) is 5.78 Å². The Kier molecular flexibility index (Phi) is 4.66. The molecule has 0 saturated heterocycles. The van der Waals surface area contributed by atoms with Crippen molar-refractivity contribution >= 4 is 5.78 Å². The quantitative estimate of drug-likeness (QED) is 0.632. The molecule has 0 atom stereocenters. The van der Waals surface area contributed by atoms with Gasteiger partial charge >= 0.3 is 0 Å². The Balaban J connectivity index is 1.65. The van der Waals surface area contributed by atoms with Crippen molar-refractivity contribution in [1.82, 2.24) is 0 Å². The summed E-state index contributed by atoms with van der Waals surface area (Å²) in [7, 11) is 0. The van der Waals surface area contributed by atoms with Crippen LogP contribution in [0.25, 0.3) is 0 Å². The Morgan fingerprint density at radius 1 is 0.708 bits per heavy atom. The predicted molar refractivity (Wildman–Crippen MR) is 87.0 cm³/mol. The zero-order chi connectivity index (χ0) is 16.9. The summed E-state index contributed by atoms with van der Waals surface area (Å²) in [6.07, 6.45) is 0. The Morgan fingerprint density at radius 3 is 1.71 bits per heavy atom. The van der Waals surface area contributed by atoms with E-state index in [-0.39, 0.29) is 17.4 Å². The van der Waals surface area contributed by atoms with Crippen molar-refractivity contribution in [1.29, 1.82) is 0 Å². The van der Waals surface area contributed by atoms with Crippen LogP contribution >= 0.6 is 0 Å². The molecule has 3 aromatic carbocycles. The molecule has 0 amide bonds. The van der Waals surface area contributed by atoms with Gasteiger partial charge < -0.3 is 4.74 Å². The van der Waals surface area contributed by atoms with E-state index in [1.165, 1.54) is 36.4 Å². The summed E-state index contributed by atoms with van der Waals surface area (Å²) in [6.45, 7) is 0.311. The maximum Gasteiger partial charge on any atom is 0.193 e. The lowest BCUT2D eigenvalue weighted by Crippen LogP contribution is -2.01. The zero-order valence-corrected chi connectivity index (χ0v) is 12.7. The first-order valence-corrected chi connectivity index (χ1v) is 7.39. The molecule has 0 heterocycles. The van der Waals surface area contributed by atoms with E-state index in [1.54, 1.807) is 36.4 Å². The van der Waals surface area contributed by atoms with Crippen LogP contribution < -0.4 is 4.74 Å². The van der Waals surface area contributed by atoms with Crippen molar-refractivity contribution in [2.75, 3.05) is 0 Å². The minimum absolute atomic E-state index is 0.180. The van der Waals surface area contributed by atoms with E-state index >= 15 is 0 Å². The predicted octanol–water partition coefficient (Wildman–Crippen LogP) is 4.77. The van der Waals surface area contributed by atoms with Gasteiger partial charge in [-0.2, -0.15) is 0 Å². The van der Waals surface area contributed by atoms with Crippen LogP contribution in [0.4, 0.5) is 8.78 Å². The monoisotopic (exact) mass is 324 g/mol. The molecule has 0 fully saturated rings. The molecule has 0 saturated carbocycles. The number of halogens is 2. The Labute approximate surface area is 138 Å². The normalized spacial score (nSPS) is 10.4. The first kappa shape index (κ1) is 15.9. The fourth-order valence-electron chi connectivity index (χ4n) is 2.22. The molecule has 0 N–H and O–H groups in total. The average molecular weight is 324 g/mol. The Hall–Kier alpha value is -3.01. The van der Waals surface area contributed by atoms with E-state index in [4.69, 9.17) is 4.74 Å². The lowest BCUT2D eigenvalue weighted by Gasteiger charge is -2.07. The number of rotatable bonds is 5. The van der Waals surface area contributed by atoms with Crippen LogP contribution in [0.2, 0.25) is 0 Å². The van der Waals surface area contributed by atoms with Gasteiger partial charge in [-0.15, -0.1) is 0 Å². The van der Waals surface area contributed by atoms with E-state index < -0.39 is 0 Å². The Bertz CT molecular complexity index is 823. The molecule has 0 aliphatic rings. The molecule has 3 rings (SSSR count). The highest BCUT2D eigenvalue weighted by molar-refractivity contribution is 6.08. The third-order valence-electron chi connectivity index (χ3n) is 3.54. The van der Waals surface area contributed by atoms with Crippen molar-refractivity contribution in [2.24, 2.45) is 0 Å². The second kappa shape index (κ2) is 7.04. The summed E-state index contributed by atoms with van der Waals surface area (Å²) in [5.41, 5.74) is 1.77. The number of ether oxygens (including phenoxy) is 1. The van der Waals surface area contributed by atoms with Crippen molar-refractivity contribution < 1.29 is 18.3 Å². The molecule has 0 aliphatic heterocycles. The average Bonchev–Trinajstić information content (AvgIpc) is 2.62. The molecule has 120 valence electrons. The van der Waals surface area contributed by atoms with Gasteiger partial charge in [-0.05, 0) is 66.2 Å². The van der Waals surface area contributed by atoms with Gasteiger partial charge in [0.05, 0.1) is 0 Å². The van der Waals surface area contributed by atoms with Crippen LogP contribution in [-0.2, 0) is 6.61 Å². The van der Waals surface area contributed by atoms with Gasteiger partial charge in [0.2, 0.25) is 0 Å². The highest BCUT2D eigenvalue weighted by atomic mass is 19.1. The van der Waals surface area contributed by atoms with Gasteiger partial charge in [-0.25, -0.2) is 8.78 Å². The van der Waals surface area contributed by atoms with Crippen LogP contribution in [0.15, 0.2) is 72.8 Å². The number of hydrogen-bond acceptors (Lipinski definition) is 2. The van der Waals surface area contributed by atoms with Crippen LogP contribution in [0.3, 0.4) is 0 Å². The van der Waals surface area contributed by atoms with Crippen molar-refractivity contribution in [3.63, 3.8) is 0 Å². The maximum absolute atomic E-state index is 12.9. The third kappa shape index (κ3) is 3.84. The largest absolute Gasteiger partial charge is 0.489 e. The molecule has 0 unspecified atom stereocenters. The van der Waals surface area contributed by atoms with E-state index in [9.17, 15) is 13.6 Å². The SMILES string of the molecule is O=C(c1ccc(F)cc1)c1ccc(OCc2ccc(F)cc2)cc1. The van der Waals surface area contributed by atoms with Gasteiger partial charge in [0.1, 0.15) is 24.0 Å². The van der Waals surface area contributed by atoms with Crippen LogP contribution in [-0.4, -0.2) is 5.78 Å². The van der Waals surface area contributed by atoms with Crippen molar-refractivity contribution in [3.05, 3.63) is 101 Å². The molecular formula is C20H14F2O2. The summed E-state index contributed by atoms with van der Waals surface area (Å²) in [5, 5.41) is 0. The van der Waals surface area contributed by atoms with Gasteiger partial charge in [0, 0.05) is 11.1 Å². The summed E-state index contributed by atoms with van der Waals surface area (Å²) >= 11 is 0. The standard InChI is InChI=1S/C20H14F2O2/c21-17-7-1-14(2-8-17)13-24-19-11-5-16(6-12-19)20(23)15-3-9-18(22)10-4-15/h1-12H,13H2. The number of benzene rings is 3. The molecular weight excluding hydrogens is 310 g/mol. The first-order chi connectivity index (χ1) is 11.6. The summed E-state index contributed by atoms with van der Waals surface area (Å²) < 4.78 is 31.3. The molecule has 2 nitrogen and oxygen atoms in total. The molecule has 0 bridgehead atoms. The van der Waals surface area contributed by atoms with Crippen LogP contribution in [0.1, 0.15) is 21.5 Å². The molecule has 4 heteroatoms. The second-order valence-electron chi connectivity index (χ2n) is 5.28. The topological polar surface area (TPSA) is 26.3 Å². The lowest BCUT2D eigenvalue weighted by atomic mass is 10.0. The smallest absolute Gasteiger partial charge is 0.193 e. The highest BCUT2D eigenvalue weighted by Gasteiger charge is 2.09. The summed E-state index contributed by atoms with van der Waals surface area (Å²) in [6, 6.07) is 18.2. The van der Waals surface area contributed by atoms with E-state index in [2.05, 4.69) is 0 Å².